The quantitative estimate of drug-likeness (QED) is 0.511. The molecule has 0 spiro atoms. The summed E-state index contributed by atoms with van der Waals surface area (Å²) in [6.45, 7) is 2.05. The summed E-state index contributed by atoms with van der Waals surface area (Å²) in [7, 11) is 3.34. The highest BCUT2D eigenvalue weighted by Gasteiger charge is 2.43. The van der Waals surface area contributed by atoms with Gasteiger partial charge in [-0.2, -0.15) is 0 Å². The van der Waals surface area contributed by atoms with E-state index >= 15 is 0 Å². The molecule has 5 nitrogen and oxygen atoms in total. The molecule has 0 bridgehead atoms. The molecule has 0 amide bonds. The average Bonchev–Trinajstić information content (AvgIpc) is 2.85. The summed E-state index contributed by atoms with van der Waals surface area (Å²) in [5.41, 5.74) is 3.27. The molecule has 0 aromatic heterocycles. The van der Waals surface area contributed by atoms with Gasteiger partial charge in [-0.3, -0.25) is 9.69 Å². The number of hydrogen-bond acceptors (Lipinski definition) is 4. The highest BCUT2D eigenvalue weighted by atomic mass is 16.5. The number of rotatable bonds is 8. The van der Waals surface area contributed by atoms with Crippen LogP contribution in [0.15, 0.2) is 72.8 Å². The maximum atomic E-state index is 12.7. The third-order valence-corrected chi connectivity index (χ3v) is 6.64. The Bertz CT molecular complexity index is 1110. The van der Waals surface area contributed by atoms with Gasteiger partial charge in [0.25, 0.3) is 0 Å². The number of benzene rings is 3. The zero-order valence-electron chi connectivity index (χ0n) is 19.3. The molecule has 0 unspecified atom stereocenters. The van der Waals surface area contributed by atoms with Gasteiger partial charge in [0.15, 0.2) is 0 Å². The van der Waals surface area contributed by atoms with Crippen molar-refractivity contribution in [1.29, 1.82) is 0 Å². The Kier molecular flexibility index (Phi) is 6.99. The van der Waals surface area contributed by atoms with Gasteiger partial charge in [0.1, 0.15) is 11.5 Å². The van der Waals surface area contributed by atoms with Gasteiger partial charge < -0.3 is 14.6 Å². The molecule has 1 aliphatic heterocycles. The van der Waals surface area contributed by atoms with Crippen LogP contribution in [0.1, 0.15) is 24.0 Å². The Labute approximate surface area is 195 Å². The lowest BCUT2D eigenvalue weighted by molar-refractivity contribution is -0.152. The first-order valence-corrected chi connectivity index (χ1v) is 11.4. The number of carboxylic acid groups (broad SMARTS) is 1. The predicted octanol–water partition coefficient (Wildman–Crippen LogP) is 5.28. The van der Waals surface area contributed by atoms with Crippen LogP contribution in [0.5, 0.6) is 11.5 Å². The Balaban J connectivity index is 1.64. The lowest BCUT2D eigenvalue weighted by atomic mass is 9.74. The number of likely N-dealkylation sites (tertiary alicyclic amines) is 1. The van der Waals surface area contributed by atoms with Crippen LogP contribution in [0, 0.1) is 5.41 Å². The largest absolute Gasteiger partial charge is 0.496 e. The fourth-order valence-corrected chi connectivity index (χ4v) is 5.00. The summed E-state index contributed by atoms with van der Waals surface area (Å²) in [6, 6.07) is 23.9. The number of nitrogens with zero attached hydrogens (tertiary/aromatic N) is 1. The first kappa shape index (κ1) is 22.9. The smallest absolute Gasteiger partial charge is 0.311 e. The molecular weight excluding hydrogens is 414 g/mol. The van der Waals surface area contributed by atoms with Crippen LogP contribution in [0.25, 0.3) is 11.1 Å². The SMILES string of the molecule is COc1ccccc1CN1CCC[C@](Cc2ccccc2-c2ccccc2OC)(C(=O)O)C1. The van der Waals surface area contributed by atoms with Crippen molar-refractivity contribution in [1.82, 2.24) is 4.90 Å². The van der Waals surface area contributed by atoms with Crippen LogP contribution in [-0.2, 0) is 17.8 Å². The first-order chi connectivity index (χ1) is 16.1. The van der Waals surface area contributed by atoms with Crippen molar-refractivity contribution < 1.29 is 19.4 Å². The Morgan fingerprint density at radius 2 is 1.48 bits per heavy atom. The second kappa shape index (κ2) is 10.1. The summed E-state index contributed by atoms with van der Waals surface area (Å²) >= 11 is 0. The number of hydrogen-bond donors (Lipinski definition) is 1. The van der Waals surface area contributed by atoms with E-state index < -0.39 is 11.4 Å². The molecule has 1 aliphatic rings. The second-order valence-electron chi connectivity index (χ2n) is 8.75. The predicted molar refractivity (Wildman–Crippen MR) is 130 cm³/mol. The van der Waals surface area contributed by atoms with Crippen LogP contribution in [-0.4, -0.2) is 43.3 Å². The van der Waals surface area contributed by atoms with Gasteiger partial charge in [0, 0.05) is 24.2 Å². The lowest BCUT2D eigenvalue weighted by Crippen LogP contribution is -2.48. The number of ether oxygens (including phenoxy) is 2. The van der Waals surface area contributed by atoms with E-state index in [0.717, 1.165) is 46.7 Å². The maximum absolute atomic E-state index is 12.7. The number of methoxy groups -OCH3 is 2. The lowest BCUT2D eigenvalue weighted by Gasteiger charge is -2.40. The van der Waals surface area contributed by atoms with Gasteiger partial charge in [-0.05, 0) is 49.1 Å². The van der Waals surface area contributed by atoms with E-state index in [-0.39, 0.29) is 0 Å². The molecule has 1 heterocycles. The van der Waals surface area contributed by atoms with Crippen LogP contribution >= 0.6 is 0 Å². The van der Waals surface area contributed by atoms with E-state index in [1.807, 2.05) is 66.7 Å². The van der Waals surface area contributed by atoms with Gasteiger partial charge in [0.05, 0.1) is 19.6 Å². The maximum Gasteiger partial charge on any atom is 0.311 e. The second-order valence-corrected chi connectivity index (χ2v) is 8.75. The fourth-order valence-electron chi connectivity index (χ4n) is 5.00. The monoisotopic (exact) mass is 445 g/mol. The molecule has 0 aliphatic carbocycles. The number of carbonyl (C=O) groups is 1. The van der Waals surface area contributed by atoms with Crippen molar-refractivity contribution in [3.8, 4) is 22.6 Å². The van der Waals surface area contributed by atoms with Gasteiger partial charge in [-0.1, -0.05) is 60.7 Å². The highest BCUT2D eigenvalue weighted by molar-refractivity contribution is 5.78. The minimum Gasteiger partial charge on any atom is -0.496 e. The summed E-state index contributed by atoms with van der Waals surface area (Å²) < 4.78 is 11.1. The van der Waals surface area contributed by atoms with E-state index in [9.17, 15) is 9.90 Å². The Morgan fingerprint density at radius 1 is 0.879 bits per heavy atom. The van der Waals surface area contributed by atoms with Crippen molar-refractivity contribution in [2.75, 3.05) is 27.3 Å². The van der Waals surface area contributed by atoms with Crippen molar-refractivity contribution in [3.05, 3.63) is 83.9 Å². The minimum absolute atomic E-state index is 0.471. The topological polar surface area (TPSA) is 59.0 Å². The summed E-state index contributed by atoms with van der Waals surface area (Å²) in [4.78, 5) is 14.9. The van der Waals surface area contributed by atoms with E-state index in [2.05, 4.69) is 11.0 Å². The van der Waals surface area contributed by atoms with Gasteiger partial charge in [-0.15, -0.1) is 0 Å². The van der Waals surface area contributed by atoms with Crippen LogP contribution in [0.2, 0.25) is 0 Å². The van der Waals surface area contributed by atoms with E-state index in [1.54, 1.807) is 14.2 Å². The van der Waals surface area contributed by atoms with Crippen molar-refractivity contribution in [2.24, 2.45) is 5.41 Å². The van der Waals surface area contributed by atoms with Gasteiger partial charge >= 0.3 is 5.97 Å². The highest BCUT2D eigenvalue weighted by Crippen LogP contribution is 2.39. The molecule has 3 aromatic carbocycles. The van der Waals surface area contributed by atoms with Crippen molar-refractivity contribution >= 4 is 5.97 Å². The molecule has 1 atom stereocenters. The molecule has 172 valence electrons. The van der Waals surface area contributed by atoms with Crippen LogP contribution in [0.4, 0.5) is 0 Å². The molecule has 33 heavy (non-hydrogen) atoms. The molecule has 1 fully saturated rings. The summed E-state index contributed by atoms with van der Waals surface area (Å²) in [6.07, 6.45) is 1.97. The summed E-state index contributed by atoms with van der Waals surface area (Å²) in [5, 5.41) is 10.4. The zero-order chi connectivity index (χ0) is 23.3. The molecule has 1 N–H and O–H groups in total. The third kappa shape index (κ3) is 4.88. The summed E-state index contributed by atoms with van der Waals surface area (Å²) in [5.74, 6) is 0.892. The van der Waals surface area contributed by atoms with E-state index in [4.69, 9.17) is 9.47 Å². The van der Waals surface area contributed by atoms with Crippen LogP contribution < -0.4 is 9.47 Å². The van der Waals surface area contributed by atoms with Crippen LogP contribution in [0.3, 0.4) is 0 Å². The molecular formula is C28H31NO4. The number of piperidine rings is 1. The normalized spacial score (nSPS) is 18.6. The molecule has 3 aromatic rings. The van der Waals surface area contributed by atoms with Gasteiger partial charge in [0.2, 0.25) is 0 Å². The molecule has 0 saturated carbocycles. The molecule has 0 radical (unpaired) electrons. The average molecular weight is 446 g/mol. The fraction of sp³-hybridized carbons (Fsp3) is 0.321. The third-order valence-electron chi connectivity index (χ3n) is 6.64. The Morgan fingerprint density at radius 3 is 2.18 bits per heavy atom. The molecule has 1 saturated heterocycles. The number of carboxylic acids is 1. The zero-order valence-corrected chi connectivity index (χ0v) is 19.3. The van der Waals surface area contributed by atoms with Gasteiger partial charge in [-0.25, -0.2) is 0 Å². The Hall–Kier alpha value is -3.31. The van der Waals surface area contributed by atoms with Crippen molar-refractivity contribution in [2.45, 2.75) is 25.8 Å². The molecule has 5 heteroatoms. The standard InChI is InChI=1S/C28H31NO4/c1-32-25-14-7-4-11-22(25)19-29-17-9-16-28(20-29,27(30)31)18-21-10-3-5-12-23(21)24-13-6-8-15-26(24)33-2/h3-8,10-15H,9,16-20H2,1-2H3,(H,30,31)/t28-/m1/s1. The van der Waals surface area contributed by atoms with E-state index in [1.165, 1.54) is 0 Å². The number of para-hydroxylation sites is 2. The first-order valence-electron chi connectivity index (χ1n) is 11.4. The molecule has 4 rings (SSSR count). The van der Waals surface area contributed by atoms with Crippen molar-refractivity contribution in [3.63, 3.8) is 0 Å². The van der Waals surface area contributed by atoms with E-state index in [0.29, 0.717) is 25.9 Å². The minimum atomic E-state index is -0.849. The number of aliphatic carboxylic acids is 1.